The fourth-order valence-electron chi connectivity index (χ4n) is 2.88. The first-order valence-corrected chi connectivity index (χ1v) is 9.03. The molecule has 7 nitrogen and oxygen atoms in total. The Morgan fingerprint density at radius 2 is 2.11 bits per heavy atom. The SMILES string of the molecule is CCNC(=NCC#Cc1ccccc1)N1CCN(c2cnn(C)c2)C(=O)C1. The summed E-state index contributed by atoms with van der Waals surface area (Å²) >= 11 is 0. The predicted octanol–water partition coefficient (Wildman–Crippen LogP) is 1.09. The topological polar surface area (TPSA) is 65.8 Å². The zero-order valence-corrected chi connectivity index (χ0v) is 15.7. The molecule has 140 valence electrons. The summed E-state index contributed by atoms with van der Waals surface area (Å²) < 4.78 is 1.70. The van der Waals surface area contributed by atoms with Crippen molar-refractivity contribution in [2.24, 2.45) is 12.0 Å². The van der Waals surface area contributed by atoms with E-state index in [1.54, 1.807) is 15.8 Å². The number of aromatic nitrogens is 2. The number of anilines is 1. The van der Waals surface area contributed by atoms with Crippen molar-refractivity contribution in [1.29, 1.82) is 0 Å². The fourth-order valence-corrected chi connectivity index (χ4v) is 2.88. The summed E-state index contributed by atoms with van der Waals surface area (Å²) in [5.41, 5.74) is 1.80. The normalized spacial score (nSPS) is 14.7. The molecule has 1 aromatic carbocycles. The van der Waals surface area contributed by atoms with Crippen LogP contribution in [0.2, 0.25) is 0 Å². The zero-order valence-electron chi connectivity index (χ0n) is 15.7. The second-order valence-electron chi connectivity index (χ2n) is 6.18. The molecule has 0 saturated carbocycles. The van der Waals surface area contributed by atoms with Crippen LogP contribution < -0.4 is 10.2 Å². The molecule has 7 heteroatoms. The average molecular weight is 364 g/mol. The van der Waals surface area contributed by atoms with Crippen LogP contribution in [-0.2, 0) is 11.8 Å². The van der Waals surface area contributed by atoms with Gasteiger partial charge in [-0.2, -0.15) is 5.10 Å². The lowest BCUT2D eigenvalue weighted by Crippen LogP contribution is -2.55. The number of hydrogen-bond donors (Lipinski definition) is 1. The molecular formula is C20H24N6O. The van der Waals surface area contributed by atoms with Gasteiger partial charge in [-0.25, -0.2) is 4.99 Å². The molecule has 1 aliphatic heterocycles. The van der Waals surface area contributed by atoms with Crippen molar-refractivity contribution < 1.29 is 4.79 Å². The van der Waals surface area contributed by atoms with Gasteiger partial charge in [0.1, 0.15) is 13.1 Å². The summed E-state index contributed by atoms with van der Waals surface area (Å²) in [5.74, 6) is 6.92. The first kappa shape index (κ1) is 18.5. The largest absolute Gasteiger partial charge is 0.356 e. The Kier molecular flexibility index (Phi) is 6.10. The van der Waals surface area contributed by atoms with Gasteiger partial charge in [-0.3, -0.25) is 9.48 Å². The summed E-state index contributed by atoms with van der Waals surface area (Å²) in [6.45, 7) is 4.73. The van der Waals surface area contributed by atoms with Gasteiger partial charge >= 0.3 is 0 Å². The van der Waals surface area contributed by atoms with E-state index >= 15 is 0 Å². The van der Waals surface area contributed by atoms with Gasteiger partial charge < -0.3 is 15.1 Å². The number of rotatable bonds is 3. The Morgan fingerprint density at radius 3 is 2.78 bits per heavy atom. The van der Waals surface area contributed by atoms with Crippen molar-refractivity contribution in [2.45, 2.75) is 6.92 Å². The number of amides is 1. The van der Waals surface area contributed by atoms with Crippen molar-refractivity contribution in [3.63, 3.8) is 0 Å². The third-order valence-electron chi connectivity index (χ3n) is 4.17. The molecule has 3 rings (SSSR count). The Balaban J connectivity index is 1.63. The van der Waals surface area contributed by atoms with Gasteiger partial charge in [-0.15, -0.1) is 0 Å². The van der Waals surface area contributed by atoms with E-state index in [1.165, 1.54) is 0 Å². The summed E-state index contributed by atoms with van der Waals surface area (Å²) in [5, 5.41) is 7.39. The van der Waals surface area contributed by atoms with Crippen molar-refractivity contribution in [3.05, 3.63) is 48.3 Å². The number of carbonyl (C=O) groups is 1. The maximum Gasteiger partial charge on any atom is 0.246 e. The van der Waals surface area contributed by atoms with Crippen LogP contribution in [0.25, 0.3) is 0 Å². The van der Waals surface area contributed by atoms with Crippen LogP contribution in [0.3, 0.4) is 0 Å². The van der Waals surface area contributed by atoms with Crippen LogP contribution in [0.5, 0.6) is 0 Å². The smallest absolute Gasteiger partial charge is 0.246 e. The van der Waals surface area contributed by atoms with E-state index in [-0.39, 0.29) is 12.5 Å². The highest BCUT2D eigenvalue weighted by Crippen LogP contribution is 2.16. The highest BCUT2D eigenvalue weighted by atomic mass is 16.2. The number of aliphatic imine (C=N–C) groups is 1. The summed E-state index contributed by atoms with van der Waals surface area (Å²) in [7, 11) is 1.84. The summed E-state index contributed by atoms with van der Waals surface area (Å²) in [6.07, 6.45) is 3.57. The number of nitrogens with one attached hydrogen (secondary N) is 1. The van der Waals surface area contributed by atoms with Gasteiger partial charge in [0.05, 0.1) is 11.9 Å². The Bertz CT molecular complexity index is 861. The Hall–Kier alpha value is -3.27. The van der Waals surface area contributed by atoms with Crippen molar-refractivity contribution in [1.82, 2.24) is 20.0 Å². The number of nitrogens with zero attached hydrogens (tertiary/aromatic N) is 5. The lowest BCUT2D eigenvalue weighted by molar-refractivity contribution is -0.120. The third-order valence-corrected chi connectivity index (χ3v) is 4.17. The molecule has 1 aromatic heterocycles. The molecule has 1 N–H and O–H groups in total. The van der Waals surface area contributed by atoms with Crippen LogP contribution in [-0.4, -0.2) is 59.3 Å². The molecular weight excluding hydrogens is 340 g/mol. The summed E-state index contributed by atoms with van der Waals surface area (Å²) in [4.78, 5) is 20.9. The molecule has 0 aliphatic carbocycles. The number of carbonyl (C=O) groups excluding carboxylic acids is 1. The van der Waals surface area contributed by atoms with E-state index in [0.717, 1.165) is 23.8 Å². The van der Waals surface area contributed by atoms with Crippen molar-refractivity contribution >= 4 is 17.6 Å². The highest BCUT2D eigenvalue weighted by molar-refractivity contribution is 5.98. The van der Waals surface area contributed by atoms with E-state index in [0.29, 0.717) is 19.6 Å². The lowest BCUT2D eigenvalue weighted by Gasteiger charge is -2.35. The maximum absolute atomic E-state index is 12.6. The molecule has 0 unspecified atom stereocenters. The molecule has 1 amide bonds. The van der Waals surface area contributed by atoms with Crippen LogP contribution in [0.15, 0.2) is 47.7 Å². The van der Waals surface area contributed by atoms with Crippen LogP contribution >= 0.6 is 0 Å². The predicted molar refractivity (Wildman–Crippen MR) is 106 cm³/mol. The second kappa shape index (κ2) is 8.90. The van der Waals surface area contributed by atoms with Crippen LogP contribution in [0.4, 0.5) is 5.69 Å². The third kappa shape index (κ3) is 4.88. The molecule has 2 aromatic rings. The van der Waals surface area contributed by atoms with Crippen molar-refractivity contribution in [3.8, 4) is 11.8 Å². The molecule has 2 heterocycles. The quantitative estimate of drug-likeness (QED) is 0.503. The minimum atomic E-state index is 0.0372. The number of benzene rings is 1. The lowest BCUT2D eigenvalue weighted by atomic mass is 10.2. The zero-order chi connectivity index (χ0) is 19.1. The molecule has 0 spiro atoms. The molecule has 1 aliphatic rings. The molecule has 0 atom stereocenters. The van der Waals surface area contributed by atoms with E-state index in [4.69, 9.17) is 0 Å². The molecule has 0 radical (unpaired) electrons. The van der Waals surface area contributed by atoms with E-state index in [2.05, 4.69) is 27.2 Å². The molecule has 1 saturated heterocycles. The van der Waals surface area contributed by atoms with Crippen LogP contribution in [0.1, 0.15) is 12.5 Å². The maximum atomic E-state index is 12.6. The number of guanidine groups is 1. The van der Waals surface area contributed by atoms with Crippen LogP contribution in [0, 0.1) is 11.8 Å². The Morgan fingerprint density at radius 1 is 1.30 bits per heavy atom. The minimum absolute atomic E-state index is 0.0372. The average Bonchev–Trinajstić information content (AvgIpc) is 3.11. The van der Waals surface area contributed by atoms with Gasteiger partial charge in [0.2, 0.25) is 5.91 Å². The summed E-state index contributed by atoms with van der Waals surface area (Å²) in [6, 6.07) is 9.83. The van der Waals surface area contributed by atoms with Crippen molar-refractivity contribution in [2.75, 3.05) is 37.6 Å². The Labute approximate surface area is 159 Å². The van der Waals surface area contributed by atoms with Gasteiger partial charge in [0, 0.05) is 38.4 Å². The van der Waals surface area contributed by atoms with E-state index < -0.39 is 0 Å². The number of hydrogen-bond acceptors (Lipinski definition) is 3. The van der Waals surface area contributed by atoms with Gasteiger partial charge in [-0.1, -0.05) is 30.0 Å². The number of aryl methyl sites for hydroxylation is 1. The second-order valence-corrected chi connectivity index (χ2v) is 6.18. The van der Waals surface area contributed by atoms with Gasteiger partial charge in [0.25, 0.3) is 0 Å². The number of piperazine rings is 1. The first-order chi connectivity index (χ1) is 13.2. The standard InChI is InChI=1S/C20H24N6O/c1-3-21-20(22-11-7-10-17-8-5-4-6-9-17)25-12-13-26(19(27)16-25)18-14-23-24(2)15-18/h4-6,8-9,14-15H,3,11-13,16H2,1-2H3,(H,21,22). The fraction of sp³-hybridized carbons (Fsp3) is 0.350. The minimum Gasteiger partial charge on any atom is -0.356 e. The van der Waals surface area contributed by atoms with E-state index in [9.17, 15) is 4.79 Å². The van der Waals surface area contributed by atoms with Gasteiger partial charge in [0.15, 0.2) is 5.96 Å². The molecule has 0 bridgehead atoms. The van der Waals surface area contributed by atoms with Gasteiger partial charge in [-0.05, 0) is 19.1 Å². The first-order valence-electron chi connectivity index (χ1n) is 9.03. The monoisotopic (exact) mass is 364 g/mol. The van der Waals surface area contributed by atoms with E-state index in [1.807, 2.05) is 55.4 Å². The highest BCUT2D eigenvalue weighted by Gasteiger charge is 2.27. The molecule has 1 fully saturated rings. The molecule has 27 heavy (non-hydrogen) atoms.